The van der Waals surface area contributed by atoms with Crippen molar-refractivity contribution in [2.45, 2.75) is 65.0 Å². The van der Waals surface area contributed by atoms with E-state index < -0.39 is 5.60 Å². The predicted octanol–water partition coefficient (Wildman–Crippen LogP) is 4.12. The lowest BCUT2D eigenvalue weighted by molar-refractivity contribution is 0.00815. The number of anilines is 1. The SMILES string of the molecule is CCN(c1cc(C2CN(C(=O)OC(C)(C)C)C2)cc(C(=O)OC)c1C)C1CCOCC1. The van der Waals surface area contributed by atoms with Crippen LogP contribution in [0.1, 0.15) is 67.9 Å². The van der Waals surface area contributed by atoms with Gasteiger partial charge in [-0.1, -0.05) is 0 Å². The molecule has 7 heteroatoms. The van der Waals surface area contributed by atoms with Crippen LogP contribution in [0.3, 0.4) is 0 Å². The molecule has 1 amide bonds. The Bertz CT molecular complexity index is 805. The number of benzene rings is 1. The molecule has 0 unspecified atom stereocenters. The van der Waals surface area contributed by atoms with Crippen molar-refractivity contribution >= 4 is 17.7 Å². The number of hydrogen-bond acceptors (Lipinski definition) is 6. The van der Waals surface area contributed by atoms with Gasteiger partial charge in [0.15, 0.2) is 0 Å². The Morgan fingerprint density at radius 3 is 2.39 bits per heavy atom. The van der Waals surface area contributed by atoms with Crippen molar-refractivity contribution in [2.75, 3.05) is 44.9 Å². The number of rotatable bonds is 5. The van der Waals surface area contributed by atoms with Gasteiger partial charge in [0.05, 0.1) is 12.7 Å². The highest BCUT2D eigenvalue weighted by Crippen LogP contribution is 2.36. The highest BCUT2D eigenvalue weighted by molar-refractivity contribution is 5.93. The van der Waals surface area contributed by atoms with E-state index in [9.17, 15) is 9.59 Å². The first kappa shape index (κ1) is 23.4. The van der Waals surface area contributed by atoms with Crippen molar-refractivity contribution in [2.24, 2.45) is 0 Å². The molecule has 0 atom stereocenters. The van der Waals surface area contributed by atoms with E-state index >= 15 is 0 Å². The molecule has 3 rings (SSSR count). The summed E-state index contributed by atoms with van der Waals surface area (Å²) in [6.07, 6.45) is 1.66. The second kappa shape index (κ2) is 9.47. The molecule has 0 bridgehead atoms. The molecular formula is C24H36N2O5. The number of hydrogen-bond donors (Lipinski definition) is 0. The van der Waals surface area contributed by atoms with Crippen LogP contribution in [0.15, 0.2) is 12.1 Å². The zero-order valence-corrected chi connectivity index (χ0v) is 19.7. The van der Waals surface area contributed by atoms with Gasteiger partial charge in [-0.15, -0.1) is 0 Å². The molecule has 0 N–H and O–H groups in total. The fraction of sp³-hybridized carbons (Fsp3) is 0.667. The van der Waals surface area contributed by atoms with Gasteiger partial charge < -0.3 is 24.0 Å². The van der Waals surface area contributed by atoms with Gasteiger partial charge in [0, 0.05) is 50.5 Å². The fourth-order valence-corrected chi connectivity index (χ4v) is 4.36. The van der Waals surface area contributed by atoms with Crippen molar-refractivity contribution in [1.82, 2.24) is 4.90 Å². The van der Waals surface area contributed by atoms with E-state index in [4.69, 9.17) is 14.2 Å². The summed E-state index contributed by atoms with van der Waals surface area (Å²) in [5, 5.41) is 0. The van der Waals surface area contributed by atoms with Gasteiger partial charge in [0.2, 0.25) is 0 Å². The summed E-state index contributed by atoms with van der Waals surface area (Å²) >= 11 is 0. The Morgan fingerprint density at radius 1 is 1.19 bits per heavy atom. The summed E-state index contributed by atoms with van der Waals surface area (Å²) in [5.41, 5.74) is 3.15. The Kier molecular flexibility index (Phi) is 7.14. The van der Waals surface area contributed by atoms with Gasteiger partial charge in [-0.2, -0.15) is 0 Å². The smallest absolute Gasteiger partial charge is 0.410 e. The largest absolute Gasteiger partial charge is 0.465 e. The minimum absolute atomic E-state index is 0.170. The van der Waals surface area contributed by atoms with Gasteiger partial charge in [0.25, 0.3) is 0 Å². The van der Waals surface area contributed by atoms with Crippen molar-refractivity contribution in [1.29, 1.82) is 0 Å². The highest BCUT2D eigenvalue weighted by Gasteiger charge is 2.36. The minimum Gasteiger partial charge on any atom is -0.465 e. The summed E-state index contributed by atoms with van der Waals surface area (Å²) in [6, 6.07) is 4.51. The number of ether oxygens (including phenoxy) is 3. The van der Waals surface area contributed by atoms with Crippen LogP contribution in [0.2, 0.25) is 0 Å². The zero-order chi connectivity index (χ0) is 22.8. The summed E-state index contributed by atoms with van der Waals surface area (Å²) < 4.78 is 16.1. The fourth-order valence-electron chi connectivity index (χ4n) is 4.36. The molecule has 0 aliphatic carbocycles. The molecular weight excluding hydrogens is 396 g/mol. The van der Waals surface area contributed by atoms with Crippen LogP contribution in [0.5, 0.6) is 0 Å². The lowest BCUT2D eigenvalue weighted by atomic mass is 9.88. The molecule has 1 aromatic rings. The number of esters is 1. The topological polar surface area (TPSA) is 68.3 Å². The van der Waals surface area contributed by atoms with Gasteiger partial charge in [-0.05, 0) is 70.7 Å². The second-order valence-electron chi connectivity index (χ2n) is 9.42. The van der Waals surface area contributed by atoms with Crippen LogP contribution in [0.4, 0.5) is 10.5 Å². The van der Waals surface area contributed by atoms with E-state index in [1.165, 1.54) is 7.11 Å². The van der Waals surface area contributed by atoms with Crippen molar-refractivity contribution in [3.05, 3.63) is 28.8 Å². The third kappa shape index (κ3) is 5.32. The summed E-state index contributed by atoms with van der Waals surface area (Å²) in [4.78, 5) is 29.0. The Labute approximate surface area is 185 Å². The van der Waals surface area contributed by atoms with E-state index in [1.54, 1.807) is 4.90 Å². The van der Waals surface area contributed by atoms with E-state index in [0.29, 0.717) is 24.7 Å². The quantitative estimate of drug-likeness (QED) is 0.652. The molecule has 0 aromatic heterocycles. The molecule has 2 saturated heterocycles. The van der Waals surface area contributed by atoms with E-state index in [1.807, 2.05) is 33.8 Å². The standard InChI is InChI=1S/C24H36N2O5/c1-7-26(19-8-10-30-11-9-19)21-13-17(12-20(16(21)2)22(27)29-6)18-14-25(15-18)23(28)31-24(3,4)5/h12-13,18-19H,7-11,14-15H2,1-6H3. The average molecular weight is 433 g/mol. The predicted molar refractivity (Wildman–Crippen MR) is 120 cm³/mol. The Morgan fingerprint density at radius 2 is 1.84 bits per heavy atom. The molecule has 2 aliphatic heterocycles. The van der Waals surface area contributed by atoms with Crippen molar-refractivity contribution in [3.8, 4) is 0 Å². The Hall–Kier alpha value is -2.28. The first-order valence-corrected chi connectivity index (χ1v) is 11.2. The molecule has 1 aromatic carbocycles. The third-order valence-corrected chi connectivity index (χ3v) is 6.09. The number of nitrogens with zero attached hydrogens (tertiary/aromatic N) is 2. The van der Waals surface area contributed by atoms with Gasteiger partial charge in [-0.3, -0.25) is 0 Å². The number of carbonyl (C=O) groups is 2. The van der Waals surface area contributed by atoms with Crippen LogP contribution in [-0.4, -0.2) is 68.6 Å². The lowest BCUT2D eigenvalue weighted by Crippen LogP contribution is -2.50. The maximum absolute atomic E-state index is 12.5. The van der Waals surface area contributed by atoms with E-state index in [-0.39, 0.29) is 18.0 Å². The van der Waals surface area contributed by atoms with Crippen LogP contribution < -0.4 is 4.90 Å². The number of amides is 1. The number of carbonyl (C=O) groups excluding carboxylic acids is 2. The first-order chi connectivity index (χ1) is 14.6. The molecule has 0 saturated carbocycles. The van der Waals surface area contributed by atoms with Crippen molar-refractivity contribution < 1.29 is 23.8 Å². The maximum Gasteiger partial charge on any atom is 0.410 e. The molecule has 172 valence electrons. The molecule has 0 spiro atoms. The van der Waals surface area contributed by atoms with Crippen LogP contribution in [-0.2, 0) is 14.2 Å². The minimum atomic E-state index is -0.511. The van der Waals surface area contributed by atoms with Crippen LogP contribution >= 0.6 is 0 Å². The monoisotopic (exact) mass is 432 g/mol. The summed E-state index contributed by atoms with van der Waals surface area (Å²) in [6.45, 7) is 13.3. The number of methoxy groups -OCH3 is 1. The lowest BCUT2D eigenvalue weighted by Gasteiger charge is -2.41. The molecule has 2 fully saturated rings. The molecule has 0 radical (unpaired) electrons. The average Bonchev–Trinajstić information content (AvgIpc) is 2.68. The first-order valence-electron chi connectivity index (χ1n) is 11.2. The van der Waals surface area contributed by atoms with Gasteiger partial charge >= 0.3 is 12.1 Å². The molecule has 31 heavy (non-hydrogen) atoms. The van der Waals surface area contributed by atoms with Gasteiger partial charge in [0.1, 0.15) is 5.60 Å². The van der Waals surface area contributed by atoms with Crippen LogP contribution in [0, 0.1) is 6.92 Å². The summed E-state index contributed by atoms with van der Waals surface area (Å²) in [5.74, 6) is -0.157. The van der Waals surface area contributed by atoms with E-state index in [0.717, 1.165) is 49.4 Å². The normalized spacial score (nSPS) is 17.8. The van der Waals surface area contributed by atoms with Gasteiger partial charge in [-0.25, -0.2) is 9.59 Å². The number of likely N-dealkylation sites (tertiary alicyclic amines) is 1. The van der Waals surface area contributed by atoms with E-state index in [2.05, 4.69) is 17.9 Å². The summed E-state index contributed by atoms with van der Waals surface area (Å²) in [7, 11) is 1.41. The molecule has 7 nitrogen and oxygen atoms in total. The molecule has 2 heterocycles. The van der Waals surface area contributed by atoms with Crippen LogP contribution in [0.25, 0.3) is 0 Å². The Balaban J connectivity index is 1.87. The zero-order valence-electron chi connectivity index (χ0n) is 19.7. The second-order valence-corrected chi connectivity index (χ2v) is 9.42. The highest BCUT2D eigenvalue weighted by atomic mass is 16.6. The third-order valence-electron chi connectivity index (χ3n) is 6.09. The van der Waals surface area contributed by atoms with Crippen molar-refractivity contribution in [3.63, 3.8) is 0 Å². The maximum atomic E-state index is 12.5. The molecule has 2 aliphatic rings.